The third-order valence-electron chi connectivity index (χ3n) is 5.05. The van der Waals surface area contributed by atoms with E-state index >= 15 is 0 Å². The highest BCUT2D eigenvalue weighted by atomic mass is 16.4. The molecule has 0 aromatic carbocycles. The van der Waals surface area contributed by atoms with Crippen LogP contribution < -0.4 is 0 Å². The highest BCUT2D eigenvalue weighted by Crippen LogP contribution is 2.14. The fraction of sp³-hybridized carbons (Fsp3) is 0.955. The van der Waals surface area contributed by atoms with Gasteiger partial charge in [-0.25, -0.2) is 0 Å². The predicted molar refractivity (Wildman–Crippen MR) is 109 cm³/mol. The molecule has 0 saturated carbocycles. The molecule has 0 rings (SSSR count). The number of nitrogens with zero attached hydrogens (tertiary/aromatic N) is 1. The minimum Gasteiger partial charge on any atom is -0.480 e. The standard InChI is InChI=1S/C22H45NO2/c1-3-4-5-6-7-8-9-10-11-12-13-14-15-16-17-18-19-20-23(2)21-22(24)25/h3-21H2,1-2H3,(H,24,25). The highest BCUT2D eigenvalue weighted by molar-refractivity contribution is 5.68. The number of carboxylic acid groups (broad SMARTS) is 1. The summed E-state index contributed by atoms with van der Waals surface area (Å²) < 4.78 is 0. The smallest absolute Gasteiger partial charge is 0.317 e. The summed E-state index contributed by atoms with van der Waals surface area (Å²) in [6.07, 6.45) is 23.5. The Morgan fingerprint density at radius 3 is 1.28 bits per heavy atom. The van der Waals surface area contributed by atoms with Crippen LogP contribution in [0.25, 0.3) is 0 Å². The van der Waals surface area contributed by atoms with Crippen LogP contribution in [0.3, 0.4) is 0 Å². The summed E-state index contributed by atoms with van der Waals surface area (Å²) >= 11 is 0. The summed E-state index contributed by atoms with van der Waals surface area (Å²) in [5, 5.41) is 8.69. The summed E-state index contributed by atoms with van der Waals surface area (Å²) in [6.45, 7) is 3.35. The molecule has 0 aromatic heterocycles. The Bertz CT molecular complexity index is 281. The third kappa shape index (κ3) is 21.4. The molecule has 0 fully saturated rings. The Balaban J connectivity index is 3.06. The number of likely N-dealkylation sites (N-methyl/N-ethyl adjacent to an activating group) is 1. The van der Waals surface area contributed by atoms with E-state index in [0.717, 1.165) is 13.0 Å². The average molecular weight is 356 g/mol. The lowest BCUT2D eigenvalue weighted by Crippen LogP contribution is -2.26. The van der Waals surface area contributed by atoms with Gasteiger partial charge in [-0.3, -0.25) is 9.69 Å². The fourth-order valence-corrected chi connectivity index (χ4v) is 3.42. The van der Waals surface area contributed by atoms with E-state index < -0.39 is 5.97 Å². The zero-order valence-corrected chi connectivity index (χ0v) is 17.2. The van der Waals surface area contributed by atoms with Crippen molar-refractivity contribution in [3.05, 3.63) is 0 Å². The quantitative estimate of drug-likeness (QED) is 0.248. The van der Waals surface area contributed by atoms with Crippen LogP contribution in [0, 0.1) is 0 Å². The summed E-state index contributed by atoms with van der Waals surface area (Å²) in [4.78, 5) is 12.4. The summed E-state index contributed by atoms with van der Waals surface area (Å²) in [5.41, 5.74) is 0. The van der Waals surface area contributed by atoms with E-state index in [-0.39, 0.29) is 6.54 Å². The van der Waals surface area contributed by atoms with Crippen molar-refractivity contribution in [3.63, 3.8) is 0 Å². The molecule has 150 valence electrons. The van der Waals surface area contributed by atoms with Gasteiger partial charge in [0.25, 0.3) is 0 Å². The predicted octanol–water partition coefficient (Wildman–Crippen LogP) is 6.65. The van der Waals surface area contributed by atoms with Gasteiger partial charge in [-0.15, -0.1) is 0 Å². The van der Waals surface area contributed by atoms with Crippen molar-refractivity contribution >= 4 is 5.97 Å². The SMILES string of the molecule is CCCCCCCCCCCCCCCCCCCN(C)CC(=O)O. The molecule has 0 saturated heterocycles. The number of hydrogen-bond acceptors (Lipinski definition) is 2. The van der Waals surface area contributed by atoms with Crippen molar-refractivity contribution in [2.45, 2.75) is 116 Å². The first-order chi connectivity index (χ1) is 12.2. The minimum atomic E-state index is -0.727. The molecular formula is C22H45NO2. The van der Waals surface area contributed by atoms with Gasteiger partial charge < -0.3 is 5.11 Å². The van der Waals surface area contributed by atoms with Crippen molar-refractivity contribution < 1.29 is 9.90 Å². The first-order valence-corrected chi connectivity index (χ1v) is 11.1. The van der Waals surface area contributed by atoms with E-state index in [0.29, 0.717) is 0 Å². The van der Waals surface area contributed by atoms with Gasteiger partial charge >= 0.3 is 5.97 Å². The van der Waals surface area contributed by atoms with E-state index in [9.17, 15) is 4.79 Å². The van der Waals surface area contributed by atoms with Gasteiger partial charge in [0.1, 0.15) is 0 Å². The van der Waals surface area contributed by atoms with Crippen molar-refractivity contribution in [2.24, 2.45) is 0 Å². The topological polar surface area (TPSA) is 40.5 Å². The van der Waals surface area contributed by atoms with Gasteiger partial charge in [0.05, 0.1) is 6.54 Å². The van der Waals surface area contributed by atoms with Crippen LogP contribution in [0.15, 0.2) is 0 Å². The van der Waals surface area contributed by atoms with Crippen molar-refractivity contribution in [1.29, 1.82) is 0 Å². The Kier molecular flexibility index (Phi) is 19.3. The van der Waals surface area contributed by atoms with Crippen molar-refractivity contribution in [3.8, 4) is 0 Å². The second-order valence-electron chi connectivity index (χ2n) is 7.79. The fourth-order valence-electron chi connectivity index (χ4n) is 3.42. The molecule has 0 radical (unpaired) electrons. The average Bonchev–Trinajstić information content (AvgIpc) is 2.57. The largest absolute Gasteiger partial charge is 0.480 e. The normalized spacial score (nSPS) is 11.3. The molecular weight excluding hydrogens is 310 g/mol. The summed E-state index contributed by atoms with van der Waals surface area (Å²) in [5.74, 6) is -0.727. The molecule has 25 heavy (non-hydrogen) atoms. The summed E-state index contributed by atoms with van der Waals surface area (Å²) in [6, 6.07) is 0. The minimum absolute atomic E-state index is 0.166. The highest BCUT2D eigenvalue weighted by Gasteiger charge is 2.02. The van der Waals surface area contributed by atoms with Crippen LogP contribution in [-0.4, -0.2) is 36.1 Å². The second-order valence-corrected chi connectivity index (χ2v) is 7.79. The Morgan fingerprint density at radius 1 is 0.640 bits per heavy atom. The maximum absolute atomic E-state index is 10.6. The maximum atomic E-state index is 10.6. The van der Waals surface area contributed by atoms with Crippen molar-refractivity contribution in [2.75, 3.05) is 20.1 Å². The molecule has 0 aliphatic carbocycles. The van der Waals surface area contributed by atoms with Crippen LogP contribution in [0.2, 0.25) is 0 Å². The monoisotopic (exact) mass is 355 g/mol. The van der Waals surface area contributed by atoms with Crippen LogP contribution in [0.4, 0.5) is 0 Å². The first-order valence-electron chi connectivity index (χ1n) is 11.1. The zero-order chi connectivity index (χ0) is 18.6. The molecule has 1 N–H and O–H groups in total. The third-order valence-corrected chi connectivity index (χ3v) is 5.05. The van der Waals surface area contributed by atoms with Gasteiger partial charge in [-0.2, -0.15) is 0 Å². The number of rotatable bonds is 20. The number of unbranched alkanes of at least 4 members (excludes halogenated alkanes) is 16. The van der Waals surface area contributed by atoms with E-state index in [4.69, 9.17) is 5.11 Å². The van der Waals surface area contributed by atoms with Crippen molar-refractivity contribution in [1.82, 2.24) is 4.90 Å². The Hall–Kier alpha value is -0.570. The van der Waals surface area contributed by atoms with E-state index in [1.54, 1.807) is 0 Å². The van der Waals surface area contributed by atoms with E-state index in [2.05, 4.69) is 6.92 Å². The molecule has 0 aliphatic rings. The van der Waals surface area contributed by atoms with Gasteiger partial charge in [-0.05, 0) is 20.0 Å². The lowest BCUT2D eigenvalue weighted by atomic mass is 10.0. The zero-order valence-electron chi connectivity index (χ0n) is 17.2. The van der Waals surface area contributed by atoms with Crippen LogP contribution in [-0.2, 0) is 4.79 Å². The van der Waals surface area contributed by atoms with Crippen LogP contribution in [0.5, 0.6) is 0 Å². The Morgan fingerprint density at radius 2 is 0.960 bits per heavy atom. The summed E-state index contributed by atoms with van der Waals surface area (Å²) in [7, 11) is 1.89. The molecule has 0 unspecified atom stereocenters. The number of aliphatic carboxylic acids is 1. The molecule has 3 nitrogen and oxygen atoms in total. The van der Waals surface area contributed by atoms with Crippen LogP contribution in [0.1, 0.15) is 116 Å². The first kappa shape index (κ1) is 24.4. The molecule has 0 heterocycles. The van der Waals surface area contributed by atoms with Gasteiger partial charge in [0, 0.05) is 0 Å². The molecule has 0 amide bonds. The van der Waals surface area contributed by atoms with E-state index in [1.807, 2.05) is 11.9 Å². The van der Waals surface area contributed by atoms with Gasteiger partial charge in [-0.1, -0.05) is 110 Å². The molecule has 0 aliphatic heterocycles. The molecule has 3 heteroatoms. The molecule has 0 aromatic rings. The molecule has 0 bridgehead atoms. The Labute approximate surface area is 157 Å². The maximum Gasteiger partial charge on any atom is 0.317 e. The second kappa shape index (κ2) is 19.8. The lowest BCUT2D eigenvalue weighted by molar-refractivity contribution is -0.137. The van der Waals surface area contributed by atoms with Crippen LogP contribution >= 0.6 is 0 Å². The lowest BCUT2D eigenvalue weighted by Gasteiger charge is -2.13. The van der Waals surface area contributed by atoms with Gasteiger partial charge in [0.2, 0.25) is 0 Å². The molecule has 0 spiro atoms. The molecule has 0 atom stereocenters. The number of carbonyl (C=O) groups is 1. The van der Waals surface area contributed by atoms with E-state index in [1.165, 1.54) is 103 Å². The van der Waals surface area contributed by atoms with Gasteiger partial charge in [0.15, 0.2) is 0 Å². The number of hydrogen-bond donors (Lipinski definition) is 1. The number of carboxylic acids is 1.